The van der Waals surface area contributed by atoms with Crippen LogP contribution in [-0.2, 0) is 14.8 Å². The van der Waals surface area contributed by atoms with Gasteiger partial charge >= 0.3 is 0 Å². The first-order valence-corrected chi connectivity index (χ1v) is 13.8. The molecule has 4 aromatic rings. The Labute approximate surface area is 215 Å². The Morgan fingerprint density at radius 1 is 0.889 bits per heavy atom. The molecule has 0 saturated heterocycles. The van der Waals surface area contributed by atoms with Gasteiger partial charge in [0.15, 0.2) is 0 Å². The molecule has 0 unspecified atom stereocenters. The Hall–Kier alpha value is -3.56. The third-order valence-corrected chi connectivity index (χ3v) is 8.39. The zero-order chi connectivity index (χ0) is 25.9. The van der Waals surface area contributed by atoms with Crippen LogP contribution in [-0.4, -0.2) is 31.1 Å². The van der Waals surface area contributed by atoms with E-state index < -0.39 is 22.5 Å². The van der Waals surface area contributed by atoms with Gasteiger partial charge < -0.3 is 0 Å². The third-order valence-electron chi connectivity index (χ3n) is 5.71. The smallest absolute Gasteiger partial charge is 0.264 e. The monoisotopic (exact) mass is 520 g/mol. The molecule has 0 bridgehead atoms. The van der Waals surface area contributed by atoms with E-state index in [1.165, 1.54) is 11.3 Å². The normalized spacial score (nSPS) is 11.5. The molecule has 0 aliphatic carbocycles. The van der Waals surface area contributed by atoms with Gasteiger partial charge in [0.25, 0.3) is 10.0 Å². The summed E-state index contributed by atoms with van der Waals surface area (Å²) in [6, 6.07) is 21.7. The van der Waals surface area contributed by atoms with E-state index in [1.807, 2.05) is 50.2 Å². The van der Waals surface area contributed by atoms with E-state index in [1.54, 1.807) is 36.4 Å². The van der Waals surface area contributed by atoms with Crippen LogP contribution in [0.1, 0.15) is 36.5 Å². The first-order chi connectivity index (χ1) is 17.1. The van der Waals surface area contributed by atoms with E-state index in [0.29, 0.717) is 21.7 Å². The number of benzene rings is 3. The second-order valence-electron chi connectivity index (χ2n) is 8.90. The Kier molecular flexibility index (Phi) is 7.51. The standard InChI is InChI=1S/C27H28N4O3S2/c1-18(2)21-11-13-23(14-12-21)31(36(33,34)24-15-7-20(4)8-16-24)17-25(32)28-27-30-29-26(35-27)22-9-5-19(3)6-10-22/h5-16,18H,17H2,1-4H3,(H,28,30,32). The molecule has 9 heteroatoms. The molecule has 0 aliphatic heterocycles. The summed E-state index contributed by atoms with van der Waals surface area (Å²) >= 11 is 1.23. The van der Waals surface area contributed by atoms with Gasteiger partial charge in [0.05, 0.1) is 10.6 Å². The van der Waals surface area contributed by atoms with E-state index in [2.05, 4.69) is 29.4 Å². The lowest BCUT2D eigenvalue weighted by Crippen LogP contribution is -2.38. The second kappa shape index (κ2) is 10.6. The van der Waals surface area contributed by atoms with Crippen LogP contribution in [0.4, 0.5) is 10.8 Å². The van der Waals surface area contributed by atoms with Gasteiger partial charge in [-0.05, 0) is 49.6 Å². The van der Waals surface area contributed by atoms with E-state index in [9.17, 15) is 13.2 Å². The molecule has 1 heterocycles. The lowest BCUT2D eigenvalue weighted by molar-refractivity contribution is -0.114. The minimum atomic E-state index is -3.99. The summed E-state index contributed by atoms with van der Waals surface area (Å²) in [5.41, 5.74) is 4.46. The first kappa shape index (κ1) is 25.5. The van der Waals surface area contributed by atoms with Crippen molar-refractivity contribution in [1.29, 1.82) is 0 Å². The summed E-state index contributed by atoms with van der Waals surface area (Å²) in [6.45, 7) is 7.62. The van der Waals surface area contributed by atoms with Crippen LogP contribution in [0, 0.1) is 13.8 Å². The van der Waals surface area contributed by atoms with Crippen molar-refractivity contribution < 1.29 is 13.2 Å². The quantitative estimate of drug-likeness (QED) is 0.318. The molecule has 1 amide bonds. The molecule has 186 valence electrons. The fourth-order valence-electron chi connectivity index (χ4n) is 3.55. The molecule has 0 radical (unpaired) electrons. The van der Waals surface area contributed by atoms with Crippen molar-refractivity contribution in [2.75, 3.05) is 16.2 Å². The highest BCUT2D eigenvalue weighted by Crippen LogP contribution is 2.28. The fourth-order valence-corrected chi connectivity index (χ4v) is 5.74. The van der Waals surface area contributed by atoms with Crippen molar-refractivity contribution in [2.45, 2.75) is 38.5 Å². The van der Waals surface area contributed by atoms with E-state index in [4.69, 9.17) is 0 Å². The first-order valence-electron chi connectivity index (χ1n) is 11.5. The molecule has 1 N–H and O–H groups in total. The van der Waals surface area contributed by atoms with Crippen molar-refractivity contribution in [1.82, 2.24) is 10.2 Å². The average molecular weight is 521 g/mol. The maximum Gasteiger partial charge on any atom is 0.264 e. The van der Waals surface area contributed by atoms with Crippen LogP contribution in [0.25, 0.3) is 10.6 Å². The molecular weight excluding hydrogens is 492 g/mol. The SMILES string of the molecule is Cc1ccc(-c2nnc(NC(=O)CN(c3ccc(C(C)C)cc3)S(=O)(=O)c3ccc(C)cc3)s2)cc1. The second-order valence-corrected chi connectivity index (χ2v) is 11.7. The minimum Gasteiger partial charge on any atom is -0.299 e. The Morgan fingerprint density at radius 2 is 1.47 bits per heavy atom. The van der Waals surface area contributed by atoms with Gasteiger partial charge in [0.1, 0.15) is 11.6 Å². The van der Waals surface area contributed by atoms with Gasteiger partial charge in [-0.2, -0.15) is 0 Å². The maximum atomic E-state index is 13.6. The highest BCUT2D eigenvalue weighted by Gasteiger charge is 2.27. The minimum absolute atomic E-state index is 0.117. The lowest BCUT2D eigenvalue weighted by Gasteiger charge is -2.24. The molecule has 1 aromatic heterocycles. The molecule has 3 aromatic carbocycles. The fraction of sp³-hybridized carbons (Fsp3) is 0.222. The number of hydrogen-bond donors (Lipinski definition) is 1. The molecule has 4 rings (SSSR count). The van der Waals surface area contributed by atoms with Crippen LogP contribution in [0.15, 0.2) is 77.7 Å². The number of hydrogen-bond acceptors (Lipinski definition) is 6. The third kappa shape index (κ3) is 5.80. The van der Waals surface area contributed by atoms with E-state index in [0.717, 1.165) is 26.6 Å². The number of nitrogens with one attached hydrogen (secondary N) is 1. The number of aryl methyl sites for hydroxylation is 2. The highest BCUT2D eigenvalue weighted by atomic mass is 32.2. The van der Waals surface area contributed by atoms with E-state index in [-0.39, 0.29) is 4.90 Å². The molecule has 0 aliphatic rings. The number of aromatic nitrogens is 2. The molecule has 7 nitrogen and oxygen atoms in total. The maximum absolute atomic E-state index is 13.6. The van der Waals surface area contributed by atoms with Gasteiger partial charge in [-0.15, -0.1) is 10.2 Å². The summed E-state index contributed by atoms with van der Waals surface area (Å²) in [6.07, 6.45) is 0. The molecule has 0 atom stereocenters. The van der Waals surface area contributed by atoms with Crippen LogP contribution in [0.3, 0.4) is 0 Å². The van der Waals surface area contributed by atoms with Crippen molar-refractivity contribution in [3.8, 4) is 10.6 Å². The summed E-state index contributed by atoms with van der Waals surface area (Å²) in [4.78, 5) is 13.1. The number of carbonyl (C=O) groups is 1. The number of anilines is 2. The van der Waals surface area contributed by atoms with Gasteiger partial charge in [0, 0.05) is 5.56 Å². The Balaban J connectivity index is 1.59. The van der Waals surface area contributed by atoms with Crippen LogP contribution >= 0.6 is 11.3 Å². The van der Waals surface area contributed by atoms with Crippen LogP contribution < -0.4 is 9.62 Å². The van der Waals surface area contributed by atoms with Crippen molar-refractivity contribution >= 4 is 38.1 Å². The predicted molar refractivity (Wildman–Crippen MR) is 145 cm³/mol. The zero-order valence-corrected chi connectivity index (χ0v) is 22.2. The topological polar surface area (TPSA) is 92.3 Å². The molecule has 0 spiro atoms. The Bertz CT molecular complexity index is 1440. The Morgan fingerprint density at radius 3 is 2.06 bits per heavy atom. The number of amides is 1. The lowest BCUT2D eigenvalue weighted by atomic mass is 10.0. The van der Waals surface area contributed by atoms with Gasteiger partial charge in [-0.1, -0.05) is 84.8 Å². The van der Waals surface area contributed by atoms with Crippen LogP contribution in [0.5, 0.6) is 0 Å². The number of nitrogens with zero attached hydrogens (tertiary/aromatic N) is 3. The molecule has 36 heavy (non-hydrogen) atoms. The average Bonchev–Trinajstić information content (AvgIpc) is 3.31. The zero-order valence-electron chi connectivity index (χ0n) is 20.6. The summed E-state index contributed by atoms with van der Waals surface area (Å²) in [5, 5.41) is 11.9. The molecule has 0 fully saturated rings. The van der Waals surface area contributed by atoms with Crippen molar-refractivity contribution in [2.24, 2.45) is 0 Å². The van der Waals surface area contributed by atoms with Gasteiger partial charge in [-0.3, -0.25) is 14.4 Å². The van der Waals surface area contributed by atoms with Crippen molar-refractivity contribution in [3.05, 3.63) is 89.5 Å². The van der Waals surface area contributed by atoms with Gasteiger partial charge in [-0.25, -0.2) is 8.42 Å². The highest BCUT2D eigenvalue weighted by molar-refractivity contribution is 7.92. The number of carbonyl (C=O) groups excluding carboxylic acids is 1. The summed E-state index contributed by atoms with van der Waals surface area (Å²) in [5.74, 6) is -0.213. The van der Waals surface area contributed by atoms with E-state index >= 15 is 0 Å². The summed E-state index contributed by atoms with van der Waals surface area (Å²) < 4.78 is 28.3. The largest absolute Gasteiger partial charge is 0.299 e. The van der Waals surface area contributed by atoms with Crippen LogP contribution in [0.2, 0.25) is 0 Å². The number of rotatable bonds is 8. The van der Waals surface area contributed by atoms with Gasteiger partial charge in [0.2, 0.25) is 11.0 Å². The predicted octanol–water partition coefficient (Wildman–Crippen LogP) is 5.78. The molecule has 0 saturated carbocycles. The number of sulfonamides is 1. The van der Waals surface area contributed by atoms with Crippen molar-refractivity contribution in [3.63, 3.8) is 0 Å². The summed E-state index contributed by atoms with van der Waals surface area (Å²) in [7, 11) is -3.99. The molecular formula is C27H28N4O3S2.